The van der Waals surface area contributed by atoms with Crippen LogP contribution in [0.2, 0.25) is 0 Å². The maximum atomic E-state index is 11.8. The van der Waals surface area contributed by atoms with Crippen LogP contribution in [0.5, 0.6) is 0 Å². The summed E-state index contributed by atoms with van der Waals surface area (Å²) in [4.78, 5) is 29.5. The molecule has 0 spiro atoms. The molecular formula is C11H21O4P. The van der Waals surface area contributed by atoms with Gasteiger partial charge >= 0.3 is 7.60 Å². The Balaban J connectivity index is 2.61. The molecule has 0 aromatic carbocycles. The van der Waals surface area contributed by atoms with Crippen LogP contribution in [0, 0.1) is 11.3 Å². The van der Waals surface area contributed by atoms with Crippen molar-refractivity contribution in [2.75, 3.05) is 6.16 Å². The van der Waals surface area contributed by atoms with Crippen LogP contribution < -0.4 is 0 Å². The Morgan fingerprint density at radius 2 is 2.00 bits per heavy atom. The number of hydrogen-bond acceptors (Lipinski definition) is 2. The Hall–Kier alpha value is -0.180. The highest BCUT2D eigenvalue weighted by atomic mass is 31.2. The zero-order valence-electron chi connectivity index (χ0n) is 9.98. The fraction of sp³-hybridized carbons (Fsp3) is 0.909. The van der Waals surface area contributed by atoms with E-state index in [0.717, 1.165) is 19.3 Å². The molecule has 16 heavy (non-hydrogen) atoms. The minimum absolute atomic E-state index is 0.0206. The van der Waals surface area contributed by atoms with Gasteiger partial charge in [0.2, 0.25) is 0 Å². The largest absolute Gasteiger partial charge is 0.325 e. The van der Waals surface area contributed by atoms with E-state index in [4.69, 9.17) is 9.79 Å². The van der Waals surface area contributed by atoms with Gasteiger partial charge in [-0.3, -0.25) is 9.36 Å². The van der Waals surface area contributed by atoms with E-state index in [1.165, 1.54) is 0 Å². The fourth-order valence-electron chi connectivity index (χ4n) is 2.42. The summed E-state index contributed by atoms with van der Waals surface area (Å²) in [7, 11) is -3.94. The van der Waals surface area contributed by atoms with Gasteiger partial charge in [0, 0.05) is 12.3 Å². The van der Waals surface area contributed by atoms with Crippen LogP contribution in [0.3, 0.4) is 0 Å². The molecule has 94 valence electrons. The lowest BCUT2D eigenvalue weighted by atomic mass is 9.69. The molecule has 1 fully saturated rings. The average Bonchev–Trinajstić information content (AvgIpc) is 2.14. The molecule has 1 saturated carbocycles. The van der Waals surface area contributed by atoms with E-state index in [1.54, 1.807) is 0 Å². The maximum Gasteiger partial charge on any atom is 0.325 e. The lowest BCUT2D eigenvalue weighted by Crippen LogP contribution is -2.34. The lowest BCUT2D eigenvalue weighted by molar-refractivity contribution is -0.128. The molecule has 0 aliphatic heterocycles. The molecule has 0 saturated heterocycles. The Kier molecular flexibility index (Phi) is 4.33. The third-order valence-corrected chi connectivity index (χ3v) is 4.35. The molecule has 0 radical (unpaired) electrons. The van der Waals surface area contributed by atoms with Crippen molar-refractivity contribution in [3.05, 3.63) is 0 Å². The summed E-state index contributed by atoms with van der Waals surface area (Å²) in [5.41, 5.74) is -0.293. The van der Waals surface area contributed by atoms with Crippen LogP contribution in [0.25, 0.3) is 0 Å². The molecule has 1 atom stereocenters. The number of carbonyl (C=O) groups is 1. The normalized spacial score (nSPS) is 23.5. The van der Waals surface area contributed by atoms with E-state index < -0.39 is 7.60 Å². The van der Waals surface area contributed by atoms with Gasteiger partial charge in [0.25, 0.3) is 0 Å². The van der Waals surface area contributed by atoms with Crippen molar-refractivity contribution >= 4 is 13.4 Å². The molecule has 1 aliphatic rings. The highest BCUT2D eigenvalue weighted by Crippen LogP contribution is 2.44. The summed E-state index contributed by atoms with van der Waals surface area (Å²) in [6, 6.07) is 0. The summed E-state index contributed by atoms with van der Waals surface area (Å²) >= 11 is 0. The molecule has 0 aromatic heterocycles. The zero-order chi connectivity index (χ0) is 12.4. The second-order valence-corrected chi connectivity index (χ2v) is 7.17. The quantitative estimate of drug-likeness (QED) is 0.749. The predicted molar refractivity (Wildman–Crippen MR) is 62.3 cm³/mol. The molecule has 1 aliphatic carbocycles. The number of hydrogen-bond donors (Lipinski definition) is 2. The van der Waals surface area contributed by atoms with Gasteiger partial charge in [0.05, 0.1) is 6.16 Å². The van der Waals surface area contributed by atoms with Crippen LogP contribution >= 0.6 is 7.60 Å². The van der Waals surface area contributed by atoms with Crippen molar-refractivity contribution in [1.29, 1.82) is 0 Å². The maximum absolute atomic E-state index is 11.8. The molecule has 0 bridgehead atoms. The summed E-state index contributed by atoms with van der Waals surface area (Å²) in [5.74, 6) is 0.245. The van der Waals surface area contributed by atoms with Gasteiger partial charge in [-0.05, 0) is 24.7 Å². The van der Waals surface area contributed by atoms with Crippen LogP contribution in [0.15, 0.2) is 0 Å². The van der Waals surface area contributed by atoms with Crippen LogP contribution in [0.4, 0.5) is 0 Å². The average molecular weight is 248 g/mol. The highest BCUT2D eigenvalue weighted by Gasteiger charge is 2.37. The number of ketones is 1. The molecule has 0 amide bonds. The van der Waals surface area contributed by atoms with Crippen molar-refractivity contribution in [3.63, 3.8) is 0 Å². The lowest BCUT2D eigenvalue weighted by Gasteiger charge is -2.36. The Labute approximate surface area is 96.6 Å². The van der Waals surface area contributed by atoms with Crippen molar-refractivity contribution in [3.8, 4) is 0 Å². The minimum Gasteiger partial charge on any atom is -0.324 e. The molecular weight excluding hydrogens is 227 g/mol. The molecule has 0 heterocycles. The van der Waals surface area contributed by atoms with Crippen molar-refractivity contribution < 1.29 is 19.1 Å². The monoisotopic (exact) mass is 248 g/mol. The standard InChI is InChI=1S/C11H21O4P/c1-11(2,7-8-16(13,14)15)9-5-3-4-6-10(9)12/h9H,3-8H2,1-2H3,(H2,13,14,15). The molecule has 4 nitrogen and oxygen atoms in total. The van der Waals surface area contributed by atoms with Gasteiger partial charge in [-0.15, -0.1) is 0 Å². The molecule has 1 unspecified atom stereocenters. The van der Waals surface area contributed by atoms with Gasteiger partial charge in [-0.1, -0.05) is 20.3 Å². The first-order valence-corrected chi connectivity index (χ1v) is 7.59. The van der Waals surface area contributed by atoms with E-state index in [0.29, 0.717) is 12.8 Å². The SMILES string of the molecule is CC(C)(CCP(=O)(O)O)C1CCCCC1=O. The van der Waals surface area contributed by atoms with E-state index in [2.05, 4.69) is 0 Å². The van der Waals surface area contributed by atoms with Crippen LogP contribution in [-0.2, 0) is 9.36 Å². The fourth-order valence-corrected chi connectivity index (χ4v) is 3.29. The molecule has 1 rings (SSSR count). The second kappa shape index (κ2) is 4.99. The Morgan fingerprint density at radius 3 is 2.50 bits per heavy atom. The predicted octanol–water partition coefficient (Wildman–Crippen LogP) is 2.34. The summed E-state index contributed by atoms with van der Waals surface area (Å²) in [6.45, 7) is 3.88. The highest BCUT2D eigenvalue weighted by molar-refractivity contribution is 7.51. The first-order chi connectivity index (χ1) is 7.22. The van der Waals surface area contributed by atoms with Crippen molar-refractivity contribution in [1.82, 2.24) is 0 Å². The van der Waals surface area contributed by atoms with Crippen LogP contribution in [0.1, 0.15) is 46.0 Å². The van der Waals surface area contributed by atoms with Gasteiger partial charge < -0.3 is 9.79 Å². The Bertz CT molecular complexity index is 305. The van der Waals surface area contributed by atoms with E-state index in [-0.39, 0.29) is 23.3 Å². The first-order valence-electron chi connectivity index (χ1n) is 5.80. The molecule has 5 heteroatoms. The molecule has 0 aromatic rings. The number of carbonyl (C=O) groups excluding carboxylic acids is 1. The van der Waals surface area contributed by atoms with Crippen molar-refractivity contribution in [2.24, 2.45) is 11.3 Å². The van der Waals surface area contributed by atoms with Gasteiger partial charge in [-0.2, -0.15) is 0 Å². The second-order valence-electron chi connectivity index (χ2n) is 5.39. The minimum atomic E-state index is -3.94. The van der Waals surface area contributed by atoms with Gasteiger partial charge in [0.1, 0.15) is 5.78 Å². The van der Waals surface area contributed by atoms with E-state index >= 15 is 0 Å². The summed E-state index contributed by atoms with van der Waals surface area (Å²) < 4.78 is 10.9. The number of rotatable bonds is 4. The van der Waals surface area contributed by atoms with E-state index in [1.807, 2.05) is 13.8 Å². The Morgan fingerprint density at radius 1 is 1.38 bits per heavy atom. The van der Waals surface area contributed by atoms with Crippen LogP contribution in [-0.4, -0.2) is 21.7 Å². The van der Waals surface area contributed by atoms with E-state index in [9.17, 15) is 9.36 Å². The number of Topliss-reactive ketones (excluding diaryl/α,β-unsaturated/α-hetero) is 1. The third kappa shape index (κ3) is 4.00. The van der Waals surface area contributed by atoms with Gasteiger partial charge in [-0.25, -0.2) is 0 Å². The smallest absolute Gasteiger partial charge is 0.324 e. The first kappa shape index (κ1) is 13.9. The van der Waals surface area contributed by atoms with Crippen molar-refractivity contribution in [2.45, 2.75) is 46.0 Å². The summed E-state index contributed by atoms with van der Waals surface area (Å²) in [5, 5.41) is 0. The summed E-state index contributed by atoms with van der Waals surface area (Å²) in [6.07, 6.45) is 3.80. The topological polar surface area (TPSA) is 74.6 Å². The van der Waals surface area contributed by atoms with Gasteiger partial charge in [0.15, 0.2) is 0 Å². The molecule has 2 N–H and O–H groups in total. The zero-order valence-corrected chi connectivity index (χ0v) is 10.9. The third-order valence-electron chi connectivity index (χ3n) is 3.55.